The molecule has 0 saturated heterocycles. The molecule has 7 nitrogen and oxygen atoms in total. The van der Waals surface area contributed by atoms with E-state index < -0.39 is 11.3 Å². The number of para-hydroxylation sites is 1. The highest BCUT2D eigenvalue weighted by atomic mass is 79.9. The molecule has 4 rings (SSSR count). The summed E-state index contributed by atoms with van der Waals surface area (Å²) in [5, 5.41) is 18.5. The van der Waals surface area contributed by atoms with E-state index in [4.69, 9.17) is 0 Å². The van der Waals surface area contributed by atoms with Crippen LogP contribution in [-0.4, -0.2) is 32.3 Å². The Hall–Kier alpha value is -3.26. The van der Waals surface area contributed by atoms with Crippen LogP contribution in [0.15, 0.2) is 64.3 Å². The topological polar surface area (TPSA) is 96.6 Å². The van der Waals surface area contributed by atoms with E-state index in [9.17, 15) is 14.7 Å². The zero-order valence-corrected chi connectivity index (χ0v) is 18.0. The Kier molecular flexibility index (Phi) is 5.03. The van der Waals surface area contributed by atoms with Crippen molar-refractivity contribution in [1.82, 2.24) is 15.2 Å². The van der Waals surface area contributed by atoms with Crippen LogP contribution in [0.25, 0.3) is 5.69 Å². The standard InChI is InChI=1S/C22H19BrN4O3/c1-22(2)11-17-16(12-24-27(17)14-6-4-3-5-7-14)19(29)20(22)25-26-21(30)15-10-13(23)8-9-18(15)28/h3-10,12,28H,11H2,1-2H3,(H,26,30)/b25-20+. The van der Waals surface area contributed by atoms with Gasteiger partial charge in [-0.2, -0.15) is 10.2 Å². The second-order valence-corrected chi connectivity index (χ2v) is 8.62. The zero-order valence-electron chi connectivity index (χ0n) is 16.4. The second-order valence-electron chi connectivity index (χ2n) is 7.70. The number of halogens is 1. The molecule has 0 radical (unpaired) electrons. The Labute approximate surface area is 181 Å². The fraction of sp³-hybridized carbons (Fsp3) is 0.182. The van der Waals surface area contributed by atoms with E-state index in [2.05, 4.69) is 31.6 Å². The highest BCUT2D eigenvalue weighted by Gasteiger charge is 2.40. The van der Waals surface area contributed by atoms with Gasteiger partial charge in [0.15, 0.2) is 0 Å². The van der Waals surface area contributed by atoms with Gasteiger partial charge in [0.05, 0.1) is 28.7 Å². The molecule has 2 N–H and O–H groups in total. The number of hydrogen-bond acceptors (Lipinski definition) is 5. The molecule has 1 aromatic heterocycles. The maximum absolute atomic E-state index is 13.2. The van der Waals surface area contributed by atoms with Crippen molar-refractivity contribution in [3.8, 4) is 11.4 Å². The predicted octanol–water partition coefficient (Wildman–Crippen LogP) is 3.89. The van der Waals surface area contributed by atoms with Crippen LogP contribution in [0, 0.1) is 5.41 Å². The van der Waals surface area contributed by atoms with E-state index in [0.717, 1.165) is 11.4 Å². The van der Waals surface area contributed by atoms with Crippen molar-refractivity contribution in [3.63, 3.8) is 0 Å². The third-order valence-corrected chi connectivity index (χ3v) is 5.55. The summed E-state index contributed by atoms with van der Waals surface area (Å²) in [6.07, 6.45) is 2.07. The molecule has 1 amide bonds. The van der Waals surface area contributed by atoms with Gasteiger partial charge in [0.2, 0.25) is 5.78 Å². The number of nitrogens with one attached hydrogen (secondary N) is 1. The van der Waals surface area contributed by atoms with Gasteiger partial charge in [0.25, 0.3) is 5.91 Å². The molecule has 1 aliphatic carbocycles. The smallest absolute Gasteiger partial charge is 0.275 e. The van der Waals surface area contributed by atoms with Gasteiger partial charge >= 0.3 is 0 Å². The third-order valence-electron chi connectivity index (χ3n) is 5.05. The summed E-state index contributed by atoms with van der Waals surface area (Å²) >= 11 is 3.27. The minimum absolute atomic E-state index is 0.0624. The highest BCUT2D eigenvalue weighted by Crippen LogP contribution is 2.34. The molecule has 2 aromatic carbocycles. The summed E-state index contributed by atoms with van der Waals surface area (Å²) in [7, 11) is 0. The van der Waals surface area contributed by atoms with Crippen molar-refractivity contribution in [2.24, 2.45) is 10.5 Å². The van der Waals surface area contributed by atoms with Crippen molar-refractivity contribution in [3.05, 3.63) is 76.0 Å². The average molecular weight is 467 g/mol. The third kappa shape index (κ3) is 3.54. The predicted molar refractivity (Wildman–Crippen MR) is 116 cm³/mol. The van der Waals surface area contributed by atoms with Gasteiger partial charge in [-0.1, -0.05) is 48.0 Å². The summed E-state index contributed by atoms with van der Waals surface area (Å²) in [4.78, 5) is 25.6. The SMILES string of the molecule is CC1(C)Cc2c(cnn2-c2ccccc2)C(=O)/C1=N\NC(=O)c1cc(Br)ccc1O. The maximum atomic E-state index is 13.2. The molecular weight excluding hydrogens is 448 g/mol. The molecule has 0 unspecified atom stereocenters. The van der Waals surface area contributed by atoms with Gasteiger partial charge in [-0.15, -0.1) is 0 Å². The summed E-state index contributed by atoms with van der Waals surface area (Å²) in [6.45, 7) is 3.80. The quantitative estimate of drug-likeness (QED) is 0.572. The van der Waals surface area contributed by atoms with E-state index in [1.54, 1.807) is 10.7 Å². The van der Waals surface area contributed by atoms with Crippen LogP contribution in [0.3, 0.4) is 0 Å². The van der Waals surface area contributed by atoms with Crippen LogP contribution in [0.1, 0.15) is 40.3 Å². The lowest BCUT2D eigenvalue weighted by molar-refractivity contribution is 0.0951. The number of ketones is 1. The normalized spacial score (nSPS) is 16.4. The minimum atomic E-state index is -0.622. The van der Waals surface area contributed by atoms with Crippen LogP contribution >= 0.6 is 15.9 Å². The van der Waals surface area contributed by atoms with Gasteiger partial charge in [0.1, 0.15) is 11.5 Å². The number of amides is 1. The number of aromatic hydroxyl groups is 1. The molecule has 0 fully saturated rings. The van der Waals surface area contributed by atoms with E-state index in [0.29, 0.717) is 16.5 Å². The lowest BCUT2D eigenvalue weighted by Crippen LogP contribution is -2.40. The largest absolute Gasteiger partial charge is 0.507 e. The number of aromatic nitrogens is 2. The van der Waals surface area contributed by atoms with E-state index in [-0.39, 0.29) is 22.8 Å². The van der Waals surface area contributed by atoms with Crippen molar-refractivity contribution in [2.45, 2.75) is 20.3 Å². The summed E-state index contributed by atoms with van der Waals surface area (Å²) in [5.74, 6) is -1.05. The molecular formula is C22H19BrN4O3. The van der Waals surface area contributed by atoms with Gasteiger partial charge in [0, 0.05) is 16.3 Å². The Balaban J connectivity index is 1.66. The van der Waals surface area contributed by atoms with Crippen LogP contribution in [0.2, 0.25) is 0 Å². The first-order valence-electron chi connectivity index (χ1n) is 9.32. The molecule has 0 spiro atoms. The first kappa shape index (κ1) is 20.0. The Bertz CT molecular complexity index is 1180. The minimum Gasteiger partial charge on any atom is -0.507 e. The van der Waals surface area contributed by atoms with Crippen LogP contribution in [0.5, 0.6) is 5.75 Å². The Morgan fingerprint density at radius 1 is 1.23 bits per heavy atom. The molecule has 1 aliphatic rings. The number of rotatable bonds is 3. The summed E-state index contributed by atoms with van der Waals surface area (Å²) < 4.78 is 2.41. The fourth-order valence-electron chi connectivity index (χ4n) is 3.52. The lowest BCUT2D eigenvalue weighted by Gasteiger charge is -2.30. The number of nitrogens with zero attached hydrogens (tertiary/aromatic N) is 3. The second kappa shape index (κ2) is 7.53. The molecule has 8 heteroatoms. The van der Waals surface area contributed by atoms with Gasteiger partial charge in [-0.3, -0.25) is 9.59 Å². The molecule has 0 bridgehead atoms. The summed E-state index contributed by atoms with van der Waals surface area (Å²) in [6, 6.07) is 14.1. The number of hydrogen-bond donors (Lipinski definition) is 2. The van der Waals surface area contributed by atoms with Crippen LogP contribution < -0.4 is 5.43 Å². The fourth-order valence-corrected chi connectivity index (χ4v) is 3.88. The zero-order chi connectivity index (χ0) is 21.5. The van der Waals surface area contributed by atoms with Crippen molar-refractivity contribution >= 4 is 33.3 Å². The number of Topliss-reactive ketones (excluding diaryl/α,β-unsaturated/α-hetero) is 1. The Morgan fingerprint density at radius 3 is 2.70 bits per heavy atom. The molecule has 0 atom stereocenters. The number of carbonyl (C=O) groups is 2. The molecule has 152 valence electrons. The molecule has 30 heavy (non-hydrogen) atoms. The summed E-state index contributed by atoms with van der Waals surface area (Å²) in [5.41, 5.74) is 4.25. The van der Waals surface area contributed by atoms with E-state index in [1.807, 2.05) is 44.2 Å². The lowest BCUT2D eigenvalue weighted by atomic mass is 9.74. The number of phenolic OH excluding ortho intramolecular Hbond substituents is 1. The number of carbonyl (C=O) groups excluding carboxylic acids is 2. The van der Waals surface area contributed by atoms with Crippen LogP contribution in [0.4, 0.5) is 0 Å². The van der Waals surface area contributed by atoms with E-state index >= 15 is 0 Å². The first-order valence-corrected chi connectivity index (χ1v) is 10.1. The van der Waals surface area contributed by atoms with Gasteiger partial charge < -0.3 is 5.11 Å². The van der Waals surface area contributed by atoms with Crippen molar-refractivity contribution in [1.29, 1.82) is 0 Å². The monoisotopic (exact) mass is 466 g/mol. The number of benzene rings is 2. The number of fused-ring (bicyclic) bond motifs is 1. The first-order chi connectivity index (χ1) is 14.3. The van der Waals surface area contributed by atoms with Crippen molar-refractivity contribution in [2.75, 3.05) is 0 Å². The molecule has 0 saturated carbocycles. The van der Waals surface area contributed by atoms with Gasteiger partial charge in [-0.25, -0.2) is 10.1 Å². The maximum Gasteiger partial charge on any atom is 0.275 e. The van der Waals surface area contributed by atoms with Crippen molar-refractivity contribution < 1.29 is 14.7 Å². The average Bonchev–Trinajstić information content (AvgIpc) is 3.13. The molecule has 1 heterocycles. The highest BCUT2D eigenvalue weighted by molar-refractivity contribution is 9.10. The molecule has 0 aliphatic heterocycles. The Morgan fingerprint density at radius 2 is 1.97 bits per heavy atom. The van der Waals surface area contributed by atoms with Gasteiger partial charge in [-0.05, 0) is 30.3 Å². The van der Waals surface area contributed by atoms with E-state index in [1.165, 1.54) is 18.3 Å². The molecule has 3 aromatic rings. The number of phenols is 1. The van der Waals surface area contributed by atoms with Crippen LogP contribution in [-0.2, 0) is 6.42 Å². The number of hydrazone groups is 1.